The topological polar surface area (TPSA) is 41.1 Å². The molecule has 0 spiro atoms. The van der Waals surface area contributed by atoms with Gasteiger partial charge >= 0.3 is 0 Å². The third kappa shape index (κ3) is 3.87. The van der Waals surface area contributed by atoms with Crippen LogP contribution in [0.5, 0.6) is 0 Å². The number of rotatable bonds is 5. The van der Waals surface area contributed by atoms with E-state index in [0.29, 0.717) is 12.1 Å². The second-order valence-corrected chi connectivity index (χ2v) is 4.51. The minimum Gasteiger partial charge on any atom is -0.350 e. The van der Waals surface area contributed by atoms with Crippen molar-refractivity contribution in [3.05, 3.63) is 29.8 Å². The van der Waals surface area contributed by atoms with E-state index in [1.54, 1.807) is 11.8 Å². The third-order valence-electron chi connectivity index (χ3n) is 2.41. The summed E-state index contributed by atoms with van der Waals surface area (Å²) in [6, 6.07) is 7.91. The van der Waals surface area contributed by atoms with Crippen molar-refractivity contribution in [2.24, 2.45) is 0 Å². The van der Waals surface area contributed by atoms with Crippen molar-refractivity contribution in [2.45, 2.75) is 17.9 Å². The fourth-order valence-corrected chi connectivity index (χ4v) is 1.60. The molecule has 1 atom stereocenters. The lowest BCUT2D eigenvalue weighted by Crippen LogP contribution is -2.37. The summed E-state index contributed by atoms with van der Waals surface area (Å²) in [5.74, 6) is -0.0187. The van der Waals surface area contributed by atoms with Crippen LogP contribution in [0.3, 0.4) is 0 Å². The number of amides is 1. The second kappa shape index (κ2) is 6.55. The highest BCUT2D eigenvalue weighted by Crippen LogP contribution is 2.14. The van der Waals surface area contributed by atoms with Gasteiger partial charge in [-0.15, -0.1) is 11.8 Å². The fraction of sp³-hybridized carbons (Fsp3) is 0.417. The summed E-state index contributed by atoms with van der Waals surface area (Å²) >= 11 is 1.67. The van der Waals surface area contributed by atoms with Crippen molar-refractivity contribution in [1.82, 2.24) is 10.6 Å². The first-order valence-corrected chi connectivity index (χ1v) is 6.49. The normalized spacial score (nSPS) is 12.2. The van der Waals surface area contributed by atoms with Gasteiger partial charge in [-0.2, -0.15) is 0 Å². The zero-order valence-corrected chi connectivity index (χ0v) is 10.7. The molecule has 1 aromatic carbocycles. The van der Waals surface area contributed by atoms with Gasteiger partial charge in [-0.3, -0.25) is 4.79 Å². The Hall–Kier alpha value is -1.00. The minimum absolute atomic E-state index is 0.0187. The van der Waals surface area contributed by atoms with Crippen LogP contribution in [-0.4, -0.2) is 31.8 Å². The molecule has 4 heteroatoms. The first kappa shape index (κ1) is 13.1. The number of nitrogens with one attached hydrogen (secondary N) is 2. The minimum atomic E-state index is -0.0187. The lowest BCUT2D eigenvalue weighted by molar-refractivity contribution is 0.0950. The molecule has 1 aromatic rings. The van der Waals surface area contributed by atoms with Crippen LogP contribution in [0.4, 0.5) is 0 Å². The molecular formula is C12H18N2OS. The summed E-state index contributed by atoms with van der Waals surface area (Å²) < 4.78 is 0. The standard InChI is InChI=1S/C12H18N2OS/c1-9(13-2)8-14-12(15)10-4-6-11(16-3)7-5-10/h4-7,9,13H,8H2,1-3H3,(H,14,15). The third-order valence-corrected chi connectivity index (χ3v) is 3.16. The molecule has 0 aliphatic heterocycles. The molecule has 0 heterocycles. The Bertz CT molecular complexity index is 337. The second-order valence-electron chi connectivity index (χ2n) is 3.63. The maximum absolute atomic E-state index is 11.7. The van der Waals surface area contributed by atoms with Crippen LogP contribution >= 0.6 is 11.8 Å². The van der Waals surface area contributed by atoms with Crippen LogP contribution in [-0.2, 0) is 0 Å². The van der Waals surface area contributed by atoms with E-state index in [-0.39, 0.29) is 11.9 Å². The Labute approximate surface area is 101 Å². The Morgan fingerprint density at radius 1 is 1.38 bits per heavy atom. The Balaban J connectivity index is 2.52. The van der Waals surface area contributed by atoms with Crippen LogP contribution in [0.2, 0.25) is 0 Å². The largest absolute Gasteiger partial charge is 0.350 e. The molecule has 2 N–H and O–H groups in total. The smallest absolute Gasteiger partial charge is 0.251 e. The van der Waals surface area contributed by atoms with Gasteiger partial charge in [0.05, 0.1) is 0 Å². The van der Waals surface area contributed by atoms with Crippen molar-refractivity contribution < 1.29 is 4.79 Å². The van der Waals surface area contributed by atoms with Crippen molar-refractivity contribution in [3.63, 3.8) is 0 Å². The number of thioether (sulfide) groups is 1. The number of hydrogen-bond donors (Lipinski definition) is 2. The van der Waals surface area contributed by atoms with Gasteiger partial charge in [0.1, 0.15) is 0 Å². The van der Waals surface area contributed by atoms with Gasteiger partial charge in [0.25, 0.3) is 5.91 Å². The van der Waals surface area contributed by atoms with E-state index >= 15 is 0 Å². The first-order valence-electron chi connectivity index (χ1n) is 5.27. The fourth-order valence-electron chi connectivity index (χ4n) is 1.19. The van der Waals surface area contributed by atoms with Gasteiger partial charge in [0, 0.05) is 23.0 Å². The van der Waals surface area contributed by atoms with E-state index in [0.717, 1.165) is 0 Å². The van der Waals surface area contributed by atoms with E-state index in [4.69, 9.17) is 0 Å². The predicted octanol–water partition coefficient (Wildman–Crippen LogP) is 1.75. The summed E-state index contributed by atoms with van der Waals surface area (Å²) in [5.41, 5.74) is 0.709. The zero-order chi connectivity index (χ0) is 12.0. The van der Waals surface area contributed by atoms with Gasteiger partial charge in [0.2, 0.25) is 0 Å². The van der Waals surface area contributed by atoms with Gasteiger partial charge in [0.15, 0.2) is 0 Å². The van der Waals surface area contributed by atoms with E-state index in [1.807, 2.05) is 44.5 Å². The highest BCUT2D eigenvalue weighted by molar-refractivity contribution is 7.98. The SMILES string of the molecule is CNC(C)CNC(=O)c1ccc(SC)cc1. The molecule has 1 unspecified atom stereocenters. The molecule has 0 radical (unpaired) electrons. The van der Waals surface area contributed by atoms with Gasteiger partial charge in [-0.1, -0.05) is 0 Å². The van der Waals surface area contributed by atoms with E-state index in [9.17, 15) is 4.79 Å². The molecular weight excluding hydrogens is 220 g/mol. The quantitative estimate of drug-likeness (QED) is 0.768. The summed E-state index contributed by atoms with van der Waals surface area (Å²) in [7, 11) is 1.88. The van der Waals surface area contributed by atoms with E-state index in [2.05, 4.69) is 10.6 Å². The molecule has 0 saturated heterocycles. The summed E-state index contributed by atoms with van der Waals surface area (Å²) in [5, 5.41) is 5.95. The Morgan fingerprint density at radius 3 is 2.50 bits per heavy atom. The highest BCUT2D eigenvalue weighted by Gasteiger charge is 2.06. The molecule has 88 valence electrons. The van der Waals surface area contributed by atoms with Crippen LogP contribution in [0.1, 0.15) is 17.3 Å². The Morgan fingerprint density at radius 2 is 2.00 bits per heavy atom. The highest BCUT2D eigenvalue weighted by atomic mass is 32.2. The molecule has 0 aliphatic rings. The van der Waals surface area contributed by atoms with Crippen molar-refractivity contribution >= 4 is 17.7 Å². The molecule has 0 aliphatic carbocycles. The lowest BCUT2D eigenvalue weighted by atomic mass is 10.2. The average molecular weight is 238 g/mol. The van der Waals surface area contributed by atoms with E-state index in [1.165, 1.54) is 4.90 Å². The van der Waals surface area contributed by atoms with Gasteiger partial charge in [-0.05, 0) is 44.5 Å². The van der Waals surface area contributed by atoms with E-state index < -0.39 is 0 Å². The molecule has 3 nitrogen and oxygen atoms in total. The molecule has 1 rings (SSSR count). The molecule has 0 aromatic heterocycles. The van der Waals surface area contributed by atoms with Crippen molar-refractivity contribution in [3.8, 4) is 0 Å². The van der Waals surface area contributed by atoms with Crippen LogP contribution in [0.25, 0.3) is 0 Å². The average Bonchev–Trinajstić information content (AvgIpc) is 2.35. The molecule has 16 heavy (non-hydrogen) atoms. The van der Waals surface area contributed by atoms with Gasteiger partial charge in [-0.25, -0.2) is 0 Å². The van der Waals surface area contributed by atoms with Gasteiger partial charge < -0.3 is 10.6 Å². The molecule has 0 fully saturated rings. The Kier molecular flexibility index (Phi) is 5.35. The number of carbonyl (C=O) groups excluding carboxylic acids is 1. The number of likely N-dealkylation sites (N-methyl/N-ethyl adjacent to an activating group) is 1. The number of carbonyl (C=O) groups is 1. The molecule has 1 amide bonds. The number of benzene rings is 1. The van der Waals surface area contributed by atoms with Crippen LogP contribution < -0.4 is 10.6 Å². The van der Waals surface area contributed by atoms with Crippen LogP contribution in [0.15, 0.2) is 29.2 Å². The summed E-state index contributed by atoms with van der Waals surface area (Å²) in [6.07, 6.45) is 2.02. The summed E-state index contributed by atoms with van der Waals surface area (Å²) in [4.78, 5) is 12.9. The maximum atomic E-state index is 11.7. The van der Waals surface area contributed by atoms with Crippen LogP contribution in [0, 0.1) is 0 Å². The predicted molar refractivity (Wildman–Crippen MR) is 69.1 cm³/mol. The summed E-state index contributed by atoms with van der Waals surface area (Å²) in [6.45, 7) is 2.66. The lowest BCUT2D eigenvalue weighted by Gasteiger charge is -2.11. The van der Waals surface area contributed by atoms with Crippen molar-refractivity contribution in [2.75, 3.05) is 19.8 Å². The monoisotopic (exact) mass is 238 g/mol. The maximum Gasteiger partial charge on any atom is 0.251 e. The van der Waals surface area contributed by atoms with Crippen molar-refractivity contribution in [1.29, 1.82) is 0 Å². The number of hydrogen-bond acceptors (Lipinski definition) is 3. The zero-order valence-electron chi connectivity index (χ0n) is 9.91. The first-order chi connectivity index (χ1) is 7.67. The molecule has 0 bridgehead atoms. The molecule has 0 saturated carbocycles.